The molecule has 0 radical (unpaired) electrons. The van der Waals surface area contributed by atoms with Crippen molar-refractivity contribution < 1.29 is 14.2 Å². The Morgan fingerprint density at radius 3 is 2.84 bits per heavy atom. The highest BCUT2D eigenvalue weighted by molar-refractivity contribution is 5.16. The van der Waals surface area contributed by atoms with Crippen LogP contribution in [0.5, 0.6) is 0 Å². The minimum absolute atomic E-state index is 0.0382. The molecule has 1 aromatic rings. The standard InChI is InChI=1S/C16H23FO2/c1-16(2)7-6-15(19-16)10-13(11-18)8-12-4-3-5-14(17)9-12/h3-5,9,13,15,18H,6-8,10-11H2,1-2H3. The van der Waals surface area contributed by atoms with Crippen molar-refractivity contribution in [3.63, 3.8) is 0 Å². The molecule has 1 fully saturated rings. The van der Waals surface area contributed by atoms with Crippen LogP contribution in [0.15, 0.2) is 24.3 Å². The van der Waals surface area contributed by atoms with Crippen molar-refractivity contribution in [2.24, 2.45) is 5.92 Å². The minimum atomic E-state index is -0.215. The number of ether oxygens (including phenoxy) is 1. The molecule has 0 amide bonds. The number of aliphatic hydroxyl groups is 1. The SMILES string of the molecule is CC1(C)CCC(CC(CO)Cc2cccc(F)c2)O1. The Morgan fingerprint density at radius 2 is 2.26 bits per heavy atom. The lowest BCUT2D eigenvalue weighted by molar-refractivity contribution is -0.0276. The first kappa shape index (κ1) is 14.5. The number of hydrogen-bond donors (Lipinski definition) is 1. The lowest BCUT2D eigenvalue weighted by Gasteiger charge is -2.22. The third kappa shape index (κ3) is 4.29. The number of hydrogen-bond acceptors (Lipinski definition) is 2. The van der Waals surface area contributed by atoms with Gasteiger partial charge in [0.1, 0.15) is 5.82 Å². The first-order chi connectivity index (χ1) is 8.98. The third-order valence-corrected chi connectivity index (χ3v) is 3.82. The zero-order valence-corrected chi connectivity index (χ0v) is 11.7. The van der Waals surface area contributed by atoms with Gasteiger partial charge in [-0.3, -0.25) is 0 Å². The predicted molar refractivity (Wildman–Crippen MR) is 73.5 cm³/mol. The highest BCUT2D eigenvalue weighted by Gasteiger charge is 2.32. The summed E-state index contributed by atoms with van der Waals surface area (Å²) in [6.07, 6.45) is 3.88. The molecule has 1 saturated heterocycles. The number of rotatable bonds is 5. The van der Waals surface area contributed by atoms with Crippen LogP contribution in [0.2, 0.25) is 0 Å². The molecule has 2 nitrogen and oxygen atoms in total. The fraction of sp³-hybridized carbons (Fsp3) is 0.625. The summed E-state index contributed by atoms with van der Waals surface area (Å²) in [7, 11) is 0. The number of aliphatic hydroxyl groups excluding tert-OH is 1. The lowest BCUT2D eigenvalue weighted by Crippen LogP contribution is -2.23. The molecule has 2 rings (SSSR count). The molecule has 3 heteroatoms. The number of halogens is 1. The number of benzene rings is 1. The van der Waals surface area contributed by atoms with Gasteiger partial charge in [-0.1, -0.05) is 12.1 Å². The van der Waals surface area contributed by atoms with Gasteiger partial charge in [-0.15, -0.1) is 0 Å². The molecule has 2 unspecified atom stereocenters. The van der Waals surface area contributed by atoms with Gasteiger partial charge in [0.05, 0.1) is 11.7 Å². The molecule has 1 aliphatic heterocycles. The van der Waals surface area contributed by atoms with E-state index in [0.717, 1.165) is 24.8 Å². The van der Waals surface area contributed by atoms with Crippen molar-refractivity contribution in [1.29, 1.82) is 0 Å². The molecule has 0 spiro atoms. The monoisotopic (exact) mass is 266 g/mol. The van der Waals surface area contributed by atoms with E-state index in [0.29, 0.717) is 6.42 Å². The van der Waals surface area contributed by atoms with Crippen LogP contribution in [-0.2, 0) is 11.2 Å². The van der Waals surface area contributed by atoms with Crippen LogP contribution in [0.25, 0.3) is 0 Å². The van der Waals surface area contributed by atoms with Crippen LogP contribution in [0.4, 0.5) is 4.39 Å². The molecule has 19 heavy (non-hydrogen) atoms. The van der Waals surface area contributed by atoms with Crippen LogP contribution in [-0.4, -0.2) is 23.4 Å². The van der Waals surface area contributed by atoms with E-state index in [4.69, 9.17) is 4.74 Å². The molecular formula is C16H23FO2. The molecule has 0 aromatic heterocycles. The molecule has 0 saturated carbocycles. The van der Waals surface area contributed by atoms with Gasteiger partial charge in [0.25, 0.3) is 0 Å². The summed E-state index contributed by atoms with van der Waals surface area (Å²) in [5.41, 5.74) is 0.903. The average molecular weight is 266 g/mol. The Labute approximate surface area is 114 Å². The molecule has 1 aromatic carbocycles. The fourth-order valence-corrected chi connectivity index (χ4v) is 2.84. The summed E-state index contributed by atoms with van der Waals surface area (Å²) >= 11 is 0. The van der Waals surface area contributed by atoms with E-state index in [-0.39, 0.29) is 30.0 Å². The highest BCUT2D eigenvalue weighted by atomic mass is 19.1. The largest absolute Gasteiger partial charge is 0.396 e. The van der Waals surface area contributed by atoms with Crippen LogP contribution in [0, 0.1) is 11.7 Å². The highest BCUT2D eigenvalue weighted by Crippen LogP contribution is 2.33. The van der Waals surface area contributed by atoms with Crippen LogP contribution in [0.1, 0.15) is 38.7 Å². The topological polar surface area (TPSA) is 29.5 Å². The van der Waals surface area contributed by atoms with Gasteiger partial charge >= 0.3 is 0 Å². The zero-order valence-electron chi connectivity index (χ0n) is 11.7. The second-order valence-electron chi connectivity index (χ2n) is 6.16. The normalized spacial score (nSPS) is 23.5. The summed E-state index contributed by atoms with van der Waals surface area (Å²) in [4.78, 5) is 0. The second-order valence-corrected chi connectivity index (χ2v) is 6.16. The van der Waals surface area contributed by atoms with Crippen molar-refractivity contribution in [3.05, 3.63) is 35.6 Å². The van der Waals surface area contributed by atoms with E-state index in [1.807, 2.05) is 6.07 Å². The van der Waals surface area contributed by atoms with E-state index in [1.165, 1.54) is 6.07 Å². The van der Waals surface area contributed by atoms with E-state index in [2.05, 4.69) is 13.8 Å². The molecular weight excluding hydrogens is 243 g/mol. The van der Waals surface area contributed by atoms with Crippen molar-refractivity contribution in [2.45, 2.75) is 51.2 Å². The van der Waals surface area contributed by atoms with Gasteiger partial charge in [-0.2, -0.15) is 0 Å². The van der Waals surface area contributed by atoms with Crippen molar-refractivity contribution in [1.82, 2.24) is 0 Å². The summed E-state index contributed by atoms with van der Waals surface area (Å²) in [6, 6.07) is 6.61. The molecule has 0 bridgehead atoms. The molecule has 106 valence electrons. The summed E-state index contributed by atoms with van der Waals surface area (Å²) in [5, 5.41) is 9.50. The first-order valence-corrected chi connectivity index (χ1v) is 7.01. The molecule has 2 atom stereocenters. The molecule has 0 aliphatic carbocycles. The van der Waals surface area contributed by atoms with Crippen molar-refractivity contribution in [2.75, 3.05) is 6.61 Å². The van der Waals surface area contributed by atoms with Crippen molar-refractivity contribution >= 4 is 0 Å². The van der Waals surface area contributed by atoms with Gasteiger partial charge in [0.2, 0.25) is 0 Å². The summed E-state index contributed by atoms with van der Waals surface area (Å²) < 4.78 is 19.1. The smallest absolute Gasteiger partial charge is 0.123 e. The van der Waals surface area contributed by atoms with Gasteiger partial charge in [0.15, 0.2) is 0 Å². The quantitative estimate of drug-likeness (QED) is 0.886. The molecule has 1 N–H and O–H groups in total. The first-order valence-electron chi connectivity index (χ1n) is 7.01. The van der Waals surface area contributed by atoms with Crippen LogP contribution < -0.4 is 0 Å². The van der Waals surface area contributed by atoms with E-state index in [1.54, 1.807) is 12.1 Å². The Morgan fingerprint density at radius 1 is 1.47 bits per heavy atom. The van der Waals surface area contributed by atoms with Gasteiger partial charge in [-0.05, 0) is 63.1 Å². The van der Waals surface area contributed by atoms with Gasteiger partial charge in [0, 0.05) is 6.61 Å². The maximum absolute atomic E-state index is 13.1. The van der Waals surface area contributed by atoms with Crippen molar-refractivity contribution in [3.8, 4) is 0 Å². The Bertz CT molecular complexity index is 417. The maximum Gasteiger partial charge on any atom is 0.123 e. The molecule has 1 heterocycles. The third-order valence-electron chi connectivity index (χ3n) is 3.82. The van der Waals surface area contributed by atoms with Crippen LogP contribution >= 0.6 is 0 Å². The van der Waals surface area contributed by atoms with E-state index < -0.39 is 0 Å². The average Bonchev–Trinajstić information content (AvgIpc) is 2.68. The Kier molecular flexibility index (Phi) is 4.58. The van der Waals surface area contributed by atoms with Gasteiger partial charge < -0.3 is 9.84 Å². The van der Waals surface area contributed by atoms with Gasteiger partial charge in [-0.25, -0.2) is 4.39 Å². The second kappa shape index (κ2) is 6.02. The molecule has 1 aliphatic rings. The van der Waals surface area contributed by atoms with Crippen LogP contribution in [0.3, 0.4) is 0 Å². The fourth-order valence-electron chi connectivity index (χ4n) is 2.84. The summed E-state index contributed by atoms with van der Waals surface area (Å²) in [5.74, 6) is -0.0758. The van der Waals surface area contributed by atoms with E-state index in [9.17, 15) is 9.50 Å². The predicted octanol–water partition coefficient (Wildman–Crippen LogP) is 3.32. The minimum Gasteiger partial charge on any atom is -0.396 e. The Balaban J connectivity index is 1.90. The Hall–Kier alpha value is -0.930. The van der Waals surface area contributed by atoms with E-state index >= 15 is 0 Å². The zero-order chi connectivity index (χ0) is 13.9. The maximum atomic E-state index is 13.1. The summed E-state index contributed by atoms with van der Waals surface area (Å²) in [6.45, 7) is 4.33. The lowest BCUT2D eigenvalue weighted by atomic mass is 9.93.